The third-order valence-corrected chi connectivity index (χ3v) is 3.24. The van der Waals surface area contributed by atoms with E-state index < -0.39 is 0 Å². The molecule has 2 nitrogen and oxygen atoms in total. The molecule has 2 heteroatoms. The van der Waals surface area contributed by atoms with E-state index in [1.54, 1.807) is 0 Å². The quantitative estimate of drug-likeness (QED) is 0.634. The van der Waals surface area contributed by atoms with Gasteiger partial charge in [-0.1, -0.05) is 25.7 Å². The highest BCUT2D eigenvalue weighted by atomic mass is 16.3. The van der Waals surface area contributed by atoms with Gasteiger partial charge in [-0.3, -0.25) is 0 Å². The number of hydrogen-bond acceptors (Lipinski definition) is 2. The van der Waals surface area contributed by atoms with Crippen LogP contribution < -0.4 is 5.73 Å². The van der Waals surface area contributed by atoms with Gasteiger partial charge in [0.1, 0.15) is 0 Å². The van der Waals surface area contributed by atoms with Crippen molar-refractivity contribution in [2.45, 2.75) is 44.9 Å². The number of aliphatic hydroxyl groups is 1. The van der Waals surface area contributed by atoms with Gasteiger partial charge in [0.15, 0.2) is 0 Å². The second kappa shape index (κ2) is 4.83. The fraction of sp³-hybridized carbons (Fsp3) is 1.00. The Bertz CT molecular complexity index is 117. The molecule has 0 saturated heterocycles. The van der Waals surface area contributed by atoms with Gasteiger partial charge in [-0.05, 0) is 31.2 Å². The maximum Gasteiger partial charge on any atom is 0.0436 e. The second-order valence-corrected chi connectivity index (χ2v) is 4.09. The van der Waals surface area contributed by atoms with Crippen LogP contribution in [0, 0.1) is 5.41 Å². The van der Waals surface area contributed by atoms with Crippen molar-refractivity contribution >= 4 is 0 Å². The second-order valence-electron chi connectivity index (χ2n) is 4.09. The molecule has 0 aromatic heterocycles. The highest BCUT2D eigenvalue weighted by Crippen LogP contribution is 2.36. The van der Waals surface area contributed by atoms with Gasteiger partial charge in [-0.25, -0.2) is 0 Å². The average Bonchev–Trinajstić information content (AvgIpc) is 2.32. The summed E-state index contributed by atoms with van der Waals surface area (Å²) >= 11 is 0. The summed E-state index contributed by atoms with van der Waals surface area (Å²) in [6, 6.07) is 0. The lowest BCUT2D eigenvalue weighted by atomic mass is 9.78. The molecule has 0 aliphatic heterocycles. The van der Waals surface area contributed by atoms with E-state index in [1.165, 1.54) is 38.5 Å². The molecule has 0 spiro atoms. The van der Waals surface area contributed by atoms with Crippen molar-refractivity contribution in [1.29, 1.82) is 0 Å². The molecule has 0 heterocycles. The lowest BCUT2D eigenvalue weighted by molar-refractivity contribution is 0.166. The highest BCUT2D eigenvalue weighted by Gasteiger charge is 2.28. The first kappa shape index (κ1) is 10.0. The Balaban J connectivity index is 2.48. The Kier molecular flexibility index (Phi) is 4.02. The van der Waals surface area contributed by atoms with Gasteiger partial charge >= 0.3 is 0 Å². The minimum Gasteiger partial charge on any atom is -0.396 e. The normalized spacial score (nSPS) is 23.5. The average molecular weight is 171 g/mol. The van der Waals surface area contributed by atoms with E-state index in [0.29, 0.717) is 6.61 Å². The van der Waals surface area contributed by atoms with Gasteiger partial charge in [0, 0.05) is 6.61 Å². The van der Waals surface area contributed by atoms with Gasteiger partial charge in [0.2, 0.25) is 0 Å². The monoisotopic (exact) mass is 171 g/mol. The van der Waals surface area contributed by atoms with Gasteiger partial charge in [0.05, 0.1) is 0 Å². The molecule has 0 radical (unpaired) electrons. The molecule has 1 aliphatic carbocycles. The Hall–Kier alpha value is -0.0800. The van der Waals surface area contributed by atoms with E-state index in [1.807, 2.05) is 0 Å². The minimum absolute atomic E-state index is 0.283. The fourth-order valence-corrected chi connectivity index (χ4v) is 2.27. The molecule has 0 aromatic rings. The van der Waals surface area contributed by atoms with Crippen molar-refractivity contribution in [3.05, 3.63) is 0 Å². The molecule has 1 saturated carbocycles. The van der Waals surface area contributed by atoms with Crippen LogP contribution in [0.1, 0.15) is 44.9 Å². The maximum atomic E-state index is 8.95. The molecule has 0 aromatic carbocycles. The van der Waals surface area contributed by atoms with Crippen LogP contribution >= 0.6 is 0 Å². The number of rotatable bonds is 3. The largest absolute Gasteiger partial charge is 0.396 e. The van der Waals surface area contributed by atoms with Crippen molar-refractivity contribution in [2.75, 3.05) is 13.2 Å². The SMILES string of the molecule is NCC1(CCO)CCCCCC1. The highest BCUT2D eigenvalue weighted by molar-refractivity contribution is 4.82. The number of aliphatic hydroxyl groups excluding tert-OH is 1. The zero-order valence-electron chi connectivity index (χ0n) is 7.89. The zero-order chi connectivity index (χ0) is 8.86. The van der Waals surface area contributed by atoms with Gasteiger partial charge < -0.3 is 10.8 Å². The molecule has 0 unspecified atom stereocenters. The summed E-state index contributed by atoms with van der Waals surface area (Å²) in [6.45, 7) is 1.06. The predicted octanol–water partition coefficient (Wildman–Crippen LogP) is 1.67. The lowest BCUT2D eigenvalue weighted by Gasteiger charge is -2.30. The number of hydrogen-bond donors (Lipinski definition) is 2. The van der Waals surface area contributed by atoms with Crippen LogP contribution in [0.5, 0.6) is 0 Å². The van der Waals surface area contributed by atoms with Crippen molar-refractivity contribution in [3.63, 3.8) is 0 Å². The molecule has 72 valence electrons. The van der Waals surface area contributed by atoms with Crippen molar-refractivity contribution in [3.8, 4) is 0 Å². The van der Waals surface area contributed by atoms with Crippen LogP contribution in [0.2, 0.25) is 0 Å². The summed E-state index contributed by atoms with van der Waals surface area (Å²) in [4.78, 5) is 0. The fourth-order valence-electron chi connectivity index (χ4n) is 2.27. The molecule has 1 fully saturated rings. The van der Waals surface area contributed by atoms with E-state index >= 15 is 0 Å². The predicted molar refractivity (Wildman–Crippen MR) is 50.9 cm³/mol. The molecular weight excluding hydrogens is 150 g/mol. The standard InChI is InChI=1S/C10H21NO/c11-9-10(7-8-12)5-3-1-2-4-6-10/h12H,1-9,11H2. The van der Waals surface area contributed by atoms with E-state index in [2.05, 4.69) is 0 Å². The van der Waals surface area contributed by atoms with E-state index in [9.17, 15) is 0 Å². The summed E-state index contributed by atoms with van der Waals surface area (Å²) in [5.41, 5.74) is 6.07. The summed E-state index contributed by atoms with van der Waals surface area (Å²) in [5.74, 6) is 0. The zero-order valence-corrected chi connectivity index (χ0v) is 7.89. The van der Waals surface area contributed by atoms with Crippen molar-refractivity contribution < 1.29 is 5.11 Å². The van der Waals surface area contributed by atoms with E-state index in [-0.39, 0.29) is 5.41 Å². The topological polar surface area (TPSA) is 46.2 Å². The van der Waals surface area contributed by atoms with Crippen molar-refractivity contribution in [2.24, 2.45) is 11.1 Å². The Morgan fingerprint density at radius 1 is 1.08 bits per heavy atom. The van der Waals surface area contributed by atoms with Gasteiger partial charge in [0.25, 0.3) is 0 Å². The minimum atomic E-state index is 0.283. The summed E-state index contributed by atoms with van der Waals surface area (Å²) in [6.07, 6.45) is 8.67. The number of nitrogens with two attached hydrogens (primary N) is 1. The molecule has 3 N–H and O–H groups in total. The first-order chi connectivity index (χ1) is 5.83. The Labute approximate surface area is 75.2 Å². The smallest absolute Gasteiger partial charge is 0.0436 e. The Morgan fingerprint density at radius 2 is 1.67 bits per heavy atom. The summed E-state index contributed by atoms with van der Waals surface area (Å²) < 4.78 is 0. The molecule has 0 amide bonds. The summed E-state index contributed by atoms with van der Waals surface area (Å²) in [5, 5.41) is 8.95. The van der Waals surface area contributed by atoms with Crippen LogP contribution in [-0.2, 0) is 0 Å². The molecule has 0 atom stereocenters. The van der Waals surface area contributed by atoms with Crippen LogP contribution in [0.15, 0.2) is 0 Å². The van der Waals surface area contributed by atoms with Crippen LogP contribution in [0.4, 0.5) is 0 Å². The molecule has 12 heavy (non-hydrogen) atoms. The summed E-state index contributed by atoms with van der Waals surface area (Å²) in [7, 11) is 0. The van der Waals surface area contributed by atoms with Crippen LogP contribution in [0.25, 0.3) is 0 Å². The van der Waals surface area contributed by atoms with E-state index in [0.717, 1.165) is 13.0 Å². The molecule has 1 aliphatic rings. The van der Waals surface area contributed by atoms with Crippen LogP contribution in [0.3, 0.4) is 0 Å². The van der Waals surface area contributed by atoms with Crippen LogP contribution in [-0.4, -0.2) is 18.3 Å². The molecular formula is C10H21NO. The molecule has 1 rings (SSSR count). The van der Waals surface area contributed by atoms with E-state index in [4.69, 9.17) is 10.8 Å². The first-order valence-electron chi connectivity index (χ1n) is 5.14. The lowest BCUT2D eigenvalue weighted by Crippen LogP contribution is -2.31. The van der Waals surface area contributed by atoms with Gasteiger partial charge in [-0.15, -0.1) is 0 Å². The third-order valence-electron chi connectivity index (χ3n) is 3.24. The third kappa shape index (κ3) is 2.46. The van der Waals surface area contributed by atoms with Gasteiger partial charge in [-0.2, -0.15) is 0 Å². The van der Waals surface area contributed by atoms with Crippen molar-refractivity contribution in [1.82, 2.24) is 0 Å². The Morgan fingerprint density at radius 3 is 2.08 bits per heavy atom. The molecule has 0 bridgehead atoms. The first-order valence-corrected chi connectivity index (χ1v) is 5.14. The maximum absolute atomic E-state index is 8.95.